The Labute approximate surface area is 204 Å². The topological polar surface area (TPSA) is 0 Å². The van der Waals surface area contributed by atoms with Gasteiger partial charge >= 0.3 is 0 Å². The van der Waals surface area contributed by atoms with Crippen molar-refractivity contribution in [3.63, 3.8) is 0 Å². The summed E-state index contributed by atoms with van der Waals surface area (Å²) in [5, 5.41) is 0. The van der Waals surface area contributed by atoms with Crippen molar-refractivity contribution in [1.29, 1.82) is 0 Å². The molecular weight excluding hydrogens is 429 g/mol. The van der Waals surface area contributed by atoms with Crippen molar-refractivity contribution >= 4 is 0 Å². The van der Waals surface area contributed by atoms with E-state index >= 15 is 0 Å². The molecule has 0 aromatic heterocycles. The van der Waals surface area contributed by atoms with E-state index in [1.54, 1.807) is 0 Å². The number of alkyl halides is 1. The highest BCUT2D eigenvalue weighted by Crippen LogP contribution is 2.43. The van der Waals surface area contributed by atoms with Gasteiger partial charge in [0.2, 0.25) is 0 Å². The van der Waals surface area contributed by atoms with Gasteiger partial charge in [0.15, 0.2) is 0 Å². The van der Waals surface area contributed by atoms with Crippen LogP contribution in [0.3, 0.4) is 0 Å². The molecule has 34 heavy (non-hydrogen) atoms. The lowest BCUT2D eigenvalue weighted by atomic mass is 9.68. The Morgan fingerprint density at radius 3 is 1.74 bits per heavy atom. The number of benzene rings is 2. The van der Waals surface area contributed by atoms with E-state index in [0.717, 1.165) is 35.7 Å². The average Bonchev–Trinajstić information content (AvgIpc) is 2.87. The zero-order valence-electron chi connectivity index (χ0n) is 20.8. The van der Waals surface area contributed by atoms with Crippen molar-refractivity contribution in [2.45, 2.75) is 97.1 Å². The van der Waals surface area contributed by atoms with E-state index in [9.17, 15) is 13.2 Å². The van der Waals surface area contributed by atoms with E-state index in [0.29, 0.717) is 5.56 Å². The summed E-state index contributed by atoms with van der Waals surface area (Å²) in [5.41, 5.74) is 2.00. The Balaban J connectivity index is 1.21. The van der Waals surface area contributed by atoms with Crippen LogP contribution in [0.25, 0.3) is 11.1 Å². The molecule has 2 aliphatic rings. The Morgan fingerprint density at radius 1 is 0.706 bits per heavy atom. The molecule has 0 saturated heterocycles. The van der Waals surface area contributed by atoms with Crippen LogP contribution in [0, 0.1) is 35.3 Å². The highest BCUT2D eigenvalue weighted by Gasteiger charge is 2.30. The molecule has 0 heterocycles. The third kappa shape index (κ3) is 6.46. The predicted octanol–water partition coefficient (Wildman–Crippen LogP) is 9.84. The second-order valence-corrected chi connectivity index (χ2v) is 11.0. The number of rotatable bonds is 9. The second kappa shape index (κ2) is 12.3. The lowest BCUT2D eigenvalue weighted by Gasteiger charge is -2.38. The van der Waals surface area contributed by atoms with Crippen LogP contribution in [0.2, 0.25) is 0 Å². The minimum Gasteiger partial charge on any atom is -0.246 e. The molecule has 4 rings (SSSR count). The van der Waals surface area contributed by atoms with Crippen LogP contribution in [-0.4, -0.2) is 0 Å². The number of aryl methyl sites for hydroxylation is 1. The van der Waals surface area contributed by atoms with Gasteiger partial charge in [-0.2, -0.15) is 0 Å². The highest BCUT2D eigenvalue weighted by atomic mass is 19.1. The van der Waals surface area contributed by atoms with Crippen LogP contribution >= 0.6 is 0 Å². The summed E-state index contributed by atoms with van der Waals surface area (Å²) in [7, 11) is 0. The molecule has 2 aromatic carbocycles. The Morgan fingerprint density at radius 2 is 1.24 bits per heavy atom. The van der Waals surface area contributed by atoms with Gasteiger partial charge in [-0.25, -0.2) is 13.2 Å². The maximum atomic E-state index is 13.9. The maximum absolute atomic E-state index is 13.9. The first-order valence-electron chi connectivity index (χ1n) is 13.7. The van der Waals surface area contributed by atoms with Crippen molar-refractivity contribution in [3.05, 3.63) is 59.2 Å². The summed E-state index contributed by atoms with van der Waals surface area (Å²) in [6, 6.07) is 10.4. The molecule has 0 spiro atoms. The third-order valence-corrected chi connectivity index (χ3v) is 8.82. The fraction of sp³-hybridized carbons (Fsp3) is 0.613. The van der Waals surface area contributed by atoms with Crippen LogP contribution in [-0.2, 0) is 13.1 Å². The zero-order chi connectivity index (χ0) is 23.9. The van der Waals surface area contributed by atoms with Crippen LogP contribution < -0.4 is 0 Å². The number of hydrogen-bond donors (Lipinski definition) is 0. The molecule has 0 aliphatic heterocycles. The zero-order valence-corrected chi connectivity index (χ0v) is 20.8. The highest BCUT2D eigenvalue weighted by molar-refractivity contribution is 5.64. The van der Waals surface area contributed by atoms with Gasteiger partial charge in [-0.1, -0.05) is 76.1 Å². The summed E-state index contributed by atoms with van der Waals surface area (Å²) < 4.78 is 40.6. The molecule has 0 radical (unpaired) electrons. The van der Waals surface area contributed by atoms with Crippen molar-refractivity contribution in [2.75, 3.05) is 0 Å². The van der Waals surface area contributed by atoms with E-state index in [1.807, 2.05) is 12.1 Å². The summed E-state index contributed by atoms with van der Waals surface area (Å²) in [5.74, 6) is 2.15. The smallest absolute Gasteiger partial charge is 0.132 e. The molecule has 2 aromatic rings. The first kappa shape index (κ1) is 25.3. The first-order valence-corrected chi connectivity index (χ1v) is 13.7. The fourth-order valence-corrected chi connectivity index (χ4v) is 6.52. The maximum Gasteiger partial charge on any atom is 0.132 e. The van der Waals surface area contributed by atoms with E-state index in [1.165, 1.54) is 94.7 Å². The second-order valence-electron chi connectivity index (χ2n) is 11.0. The Kier molecular flexibility index (Phi) is 9.14. The third-order valence-electron chi connectivity index (χ3n) is 8.82. The van der Waals surface area contributed by atoms with Crippen molar-refractivity contribution in [1.82, 2.24) is 0 Å². The van der Waals surface area contributed by atoms with Crippen molar-refractivity contribution < 1.29 is 13.2 Å². The molecule has 186 valence electrons. The molecule has 0 bridgehead atoms. The van der Waals surface area contributed by atoms with Crippen molar-refractivity contribution in [3.8, 4) is 11.1 Å². The molecular formula is C31H41F3. The van der Waals surface area contributed by atoms with Gasteiger partial charge < -0.3 is 0 Å². The van der Waals surface area contributed by atoms with E-state index in [2.05, 4.69) is 19.1 Å². The van der Waals surface area contributed by atoms with Crippen LogP contribution in [0.4, 0.5) is 13.2 Å². The first-order chi connectivity index (χ1) is 16.6. The summed E-state index contributed by atoms with van der Waals surface area (Å²) in [6.45, 7) is 1.18. The molecule has 3 heteroatoms. The van der Waals surface area contributed by atoms with E-state index < -0.39 is 23.9 Å². The van der Waals surface area contributed by atoms with Crippen molar-refractivity contribution in [2.24, 2.45) is 23.7 Å². The Bertz CT molecular complexity index is 864. The fourth-order valence-electron chi connectivity index (χ4n) is 6.52. The average molecular weight is 471 g/mol. The van der Waals surface area contributed by atoms with Crippen LogP contribution in [0.15, 0.2) is 36.4 Å². The molecule has 2 fully saturated rings. The lowest BCUT2D eigenvalue weighted by Crippen LogP contribution is -2.26. The minimum atomic E-state index is -1.13. The van der Waals surface area contributed by atoms with Gasteiger partial charge in [-0.15, -0.1) is 0 Å². The number of halogens is 3. The number of hydrogen-bond acceptors (Lipinski definition) is 0. The SMILES string of the molecule is CCCCC1CCC(C2CCC(CCc3ccc(-c4cc(F)c(CF)c(F)c4)cc3)CC2)CC1. The quantitative estimate of drug-likeness (QED) is 0.342. The Hall–Kier alpha value is -1.77. The van der Waals surface area contributed by atoms with Gasteiger partial charge in [-0.05, 0) is 91.0 Å². The van der Waals surface area contributed by atoms with Gasteiger partial charge in [0, 0.05) is 0 Å². The molecule has 0 atom stereocenters. The molecule has 0 nitrogen and oxygen atoms in total. The van der Waals surface area contributed by atoms with Gasteiger partial charge in [-0.3, -0.25) is 0 Å². The minimum absolute atomic E-state index is 0.455. The van der Waals surface area contributed by atoms with Crippen LogP contribution in [0.5, 0.6) is 0 Å². The van der Waals surface area contributed by atoms with Crippen LogP contribution in [0.1, 0.15) is 95.1 Å². The lowest BCUT2D eigenvalue weighted by molar-refractivity contribution is 0.140. The van der Waals surface area contributed by atoms with E-state index in [-0.39, 0.29) is 0 Å². The predicted molar refractivity (Wildman–Crippen MR) is 135 cm³/mol. The molecule has 0 unspecified atom stereocenters. The molecule has 0 amide bonds. The summed E-state index contributed by atoms with van der Waals surface area (Å²) in [4.78, 5) is 0. The standard InChI is InChI=1S/C31H41F3/c1-2-3-4-22-7-13-25(14-8-22)26-15-9-23(10-16-26)5-6-24-11-17-27(18-12-24)28-19-30(33)29(21-32)31(34)20-28/h11-12,17-20,22-23,25-26H,2-10,13-16,21H2,1H3. The largest absolute Gasteiger partial charge is 0.246 e. The normalized spacial score (nSPS) is 25.4. The molecule has 2 saturated carbocycles. The summed E-state index contributed by atoms with van der Waals surface area (Å²) in [6.07, 6.45) is 18.0. The van der Waals surface area contributed by atoms with E-state index in [4.69, 9.17) is 0 Å². The summed E-state index contributed by atoms with van der Waals surface area (Å²) >= 11 is 0. The molecule has 2 aliphatic carbocycles. The number of unbranched alkanes of at least 4 members (excludes halogenated alkanes) is 1. The van der Waals surface area contributed by atoms with Gasteiger partial charge in [0.05, 0.1) is 5.56 Å². The monoisotopic (exact) mass is 470 g/mol. The van der Waals surface area contributed by atoms with Gasteiger partial charge in [0.1, 0.15) is 18.3 Å². The molecule has 0 N–H and O–H groups in total. The van der Waals surface area contributed by atoms with Gasteiger partial charge in [0.25, 0.3) is 0 Å².